The van der Waals surface area contributed by atoms with Gasteiger partial charge < -0.3 is 0 Å². The van der Waals surface area contributed by atoms with Gasteiger partial charge in [-0.15, -0.1) is 0 Å². The second-order valence-corrected chi connectivity index (χ2v) is 5.92. The van der Waals surface area contributed by atoms with Crippen molar-refractivity contribution in [2.75, 3.05) is 13.1 Å². The third-order valence-corrected chi connectivity index (χ3v) is 4.42. The molecule has 0 aliphatic carbocycles. The van der Waals surface area contributed by atoms with Crippen molar-refractivity contribution < 1.29 is 4.92 Å². The van der Waals surface area contributed by atoms with Crippen molar-refractivity contribution in [2.24, 2.45) is 11.8 Å². The topological polar surface area (TPSA) is 46.4 Å². The van der Waals surface area contributed by atoms with E-state index in [1.54, 1.807) is 12.1 Å². The zero-order valence-electron chi connectivity index (χ0n) is 11.3. The molecule has 104 valence electrons. The van der Waals surface area contributed by atoms with E-state index in [9.17, 15) is 10.1 Å². The molecule has 0 spiro atoms. The SMILES string of the molecule is CC1CCN(Cc2cc([N+](=O)[O-])ccc2Cl)CC1C. The molecule has 1 aliphatic rings. The number of hydrogen-bond acceptors (Lipinski definition) is 3. The molecule has 1 fully saturated rings. The van der Waals surface area contributed by atoms with E-state index in [-0.39, 0.29) is 10.6 Å². The first kappa shape index (κ1) is 14.3. The number of hydrogen-bond donors (Lipinski definition) is 0. The van der Waals surface area contributed by atoms with E-state index in [1.807, 2.05) is 0 Å². The number of nitro benzene ring substituents is 1. The lowest BCUT2D eigenvalue weighted by Crippen LogP contribution is -2.37. The van der Waals surface area contributed by atoms with Gasteiger partial charge in [0.2, 0.25) is 0 Å². The van der Waals surface area contributed by atoms with E-state index in [2.05, 4.69) is 18.7 Å². The van der Waals surface area contributed by atoms with Crippen LogP contribution in [0, 0.1) is 22.0 Å². The summed E-state index contributed by atoms with van der Waals surface area (Å²) in [5, 5.41) is 11.4. The maximum absolute atomic E-state index is 10.8. The molecular formula is C14H19ClN2O2. The summed E-state index contributed by atoms with van der Waals surface area (Å²) in [4.78, 5) is 12.8. The highest BCUT2D eigenvalue weighted by molar-refractivity contribution is 6.31. The summed E-state index contributed by atoms with van der Waals surface area (Å²) in [5.41, 5.74) is 0.954. The monoisotopic (exact) mass is 282 g/mol. The van der Waals surface area contributed by atoms with Crippen molar-refractivity contribution in [1.29, 1.82) is 0 Å². The van der Waals surface area contributed by atoms with Crippen LogP contribution in [0.5, 0.6) is 0 Å². The Hall–Kier alpha value is -1.13. The van der Waals surface area contributed by atoms with Gasteiger partial charge in [-0.25, -0.2) is 0 Å². The summed E-state index contributed by atoms with van der Waals surface area (Å²) >= 11 is 6.14. The Bertz CT molecular complexity index is 479. The number of piperidine rings is 1. The molecule has 2 unspecified atom stereocenters. The van der Waals surface area contributed by atoms with Crippen LogP contribution in [-0.2, 0) is 6.54 Å². The highest BCUT2D eigenvalue weighted by Crippen LogP contribution is 2.27. The molecule has 2 rings (SSSR count). The lowest BCUT2D eigenvalue weighted by Gasteiger charge is -2.35. The molecule has 0 saturated carbocycles. The van der Waals surface area contributed by atoms with Crippen molar-refractivity contribution in [2.45, 2.75) is 26.8 Å². The molecule has 0 N–H and O–H groups in total. The molecule has 0 bridgehead atoms. The fourth-order valence-corrected chi connectivity index (χ4v) is 2.71. The minimum absolute atomic E-state index is 0.109. The zero-order valence-corrected chi connectivity index (χ0v) is 12.1. The molecule has 1 aromatic carbocycles. The summed E-state index contributed by atoms with van der Waals surface area (Å²) in [6.07, 6.45) is 1.17. The van der Waals surface area contributed by atoms with Crippen LogP contribution in [-0.4, -0.2) is 22.9 Å². The molecule has 0 radical (unpaired) electrons. The fraction of sp³-hybridized carbons (Fsp3) is 0.571. The third kappa shape index (κ3) is 3.45. The minimum atomic E-state index is -0.374. The Balaban J connectivity index is 2.10. The smallest absolute Gasteiger partial charge is 0.269 e. The van der Waals surface area contributed by atoms with Crippen LogP contribution in [0.15, 0.2) is 18.2 Å². The molecule has 1 aromatic rings. The summed E-state index contributed by atoms with van der Waals surface area (Å²) < 4.78 is 0. The Kier molecular flexibility index (Phi) is 4.42. The van der Waals surface area contributed by atoms with Crippen molar-refractivity contribution >= 4 is 17.3 Å². The van der Waals surface area contributed by atoms with Gasteiger partial charge in [0.25, 0.3) is 5.69 Å². The van der Waals surface area contributed by atoms with Crippen LogP contribution in [0.2, 0.25) is 5.02 Å². The van der Waals surface area contributed by atoms with E-state index in [1.165, 1.54) is 12.5 Å². The van der Waals surface area contributed by atoms with Gasteiger partial charge in [-0.05, 0) is 36.4 Å². The highest BCUT2D eigenvalue weighted by Gasteiger charge is 2.23. The number of likely N-dealkylation sites (tertiary alicyclic amines) is 1. The quantitative estimate of drug-likeness (QED) is 0.627. The van der Waals surface area contributed by atoms with Crippen molar-refractivity contribution in [1.82, 2.24) is 4.90 Å². The zero-order chi connectivity index (χ0) is 14.0. The van der Waals surface area contributed by atoms with E-state index < -0.39 is 0 Å². The van der Waals surface area contributed by atoms with Gasteiger partial charge in [-0.1, -0.05) is 25.4 Å². The number of non-ortho nitro benzene ring substituents is 1. The normalized spacial score (nSPS) is 24.4. The molecule has 1 heterocycles. The highest BCUT2D eigenvalue weighted by atomic mass is 35.5. The predicted molar refractivity (Wildman–Crippen MR) is 76.3 cm³/mol. The second-order valence-electron chi connectivity index (χ2n) is 5.51. The first-order valence-electron chi connectivity index (χ1n) is 6.62. The summed E-state index contributed by atoms with van der Waals surface area (Å²) in [7, 11) is 0. The Morgan fingerprint density at radius 3 is 2.79 bits per heavy atom. The average molecular weight is 283 g/mol. The molecule has 5 heteroatoms. The summed E-state index contributed by atoms with van der Waals surface area (Å²) in [5.74, 6) is 1.41. The number of halogens is 1. The number of nitrogens with zero attached hydrogens (tertiary/aromatic N) is 2. The molecule has 0 aromatic heterocycles. The predicted octanol–water partition coefficient (Wildman–Crippen LogP) is 3.73. The van der Waals surface area contributed by atoms with Gasteiger partial charge >= 0.3 is 0 Å². The second kappa shape index (κ2) is 5.88. The van der Waals surface area contributed by atoms with Crippen molar-refractivity contribution in [3.8, 4) is 0 Å². The third-order valence-electron chi connectivity index (χ3n) is 4.05. The van der Waals surface area contributed by atoms with Crippen molar-refractivity contribution in [3.05, 3.63) is 38.9 Å². The molecule has 0 amide bonds. The van der Waals surface area contributed by atoms with Gasteiger partial charge in [0, 0.05) is 30.2 Å². The molecule has 1 aliphatic heterocycles. The Morgan fingerprint density at radius 1 is 1.42 bits per heavy atom. The van der Waals surface area contributed by atoms with Gasteiger partial charge in [-0.2, -0.15) is 0 Å². The van der Waals surface area contributed by atoms with E-state index >= 15 is 0 Å². The van der Waals surface area contributed by atoms with Gasteiger partial charge in [-0.3, -0.25) is 15.0 Å². The van der Waals surface area contributed by atoms with Crippen LogP contribution in [0.25, 0.3) is 0 Å². The number of rotatable bonds is 3. The lowest BCUT2D eigenvalue weighted by molar-refractivity contribution is -0.384. The molecule has 19 heavy (non-hydrogen) atoms. The minimum Gasteiger partial charge on any atom is -0.299 e. The van der Waals surface area contributed by atoms with Gasteiger partial charge in [0.15, 0.2) is 0 Å². The Morgan fingerprint density at radius 2 is 2.16 bits per heavy atom. The average Bonchev–Trinajstić information content (AvgIpc) is 2.36. The first-order valence-corrected chi connectivity index (χ1v) is 7.00. The summed E-state index contributed by atoms with van der Waals surface area (Å²) in [6, 6.07) is 4.66. The first-order chi connectivity index (χ1) is 8.97. The number of nitro groups is 1. The largest absolute Gasteiger partial charge is 0.299 e. The van der Waals surface area contributed by atoms with Crippen LogP contribution >= 0.6 is 11.6 Å². The van der Waals surface area contributed by atoms with Gasteiger partial charge in [0.05, 0.1) is 4.92 Å². The van der Waals surface area contributed by atoms with Crippen LogP contribution in [0.3, 0.4) is 0 Å². The van der Waals surface area contributed by atoms with Crippen LogP contribution < -0.4 is 0 Å². The standard InChI is InChI=1S/C14H19ClN2O2/c1-10-5-6-16(8-11(10)2)9-12-7-13(17(18)19)3-4-14(12)15/h3-4,7,10-11H,5-6,8-9H2,1-2H3. The maximum atomic E-state index is 10.8. The molecular weight excluding hydrogens is 264 g/mol. The van der Waals surface area contributed by atoms with Gasteiger partial charge in [0.1, 0.15) is 0 Å². The van der Waals surface area contributed by atoms with E-state index in [0.29, 0.717) is 17.5 Å². The molecule has 4 nitrogen and oxygen atoms in total. The Labute approximate surface area is 118 Å². The fourth-order valence-electron chi connectivity index (χ4n) is 2.53. The van der Waals surface area contributed by atoms with Crippen molar-refractivity contribution in [3.63, 3.8) is 0 Å². The molecule has 2 atom stereocenters. The van der Waals surface area contributed by atoms with Crippen LogP contribution in [0.4, 0.5) is 5.69 Å². The maximum Gasteiger partial charge on any atom is 0.269 e. The van der Waals surface area contributed by atoms with E-state index in [0.717, 1.165) is 24.6 Å². The number of benzene rings is 1. The molecule has 1 saturated heterocycles. The lowest BCUT2D eigenvalue weighted by atomic mass is 9.88. The van der Waals surface area contributed by atoms with Crippen LogP contribution in [0.1, 0.15) is 25.8 Å². The van der Waals surface area contributed by atoms with E-state index in [4.69, 9.17) is 11.6 Å². The summed E-state index contributed by atoms with van der Waals surface area (Å²) in [6.45, 7) is 7.29.